The first-order valence-corrected chi connectivity index (χ1v) is 5.97. The maximum Gasteiger partial charge on any atom is 0.185 e. The number of nitrogens with zero attached hydrogens (tertiary/aromatic N) is 1. The lowest BCUT2D eigenvalue weighted by Crippen LogP contribution is -2.21. The molecule has 0 aliphatic carbocycles. The lowest BCUT2D eigenvalue weighted by atomic mass is 10.1. The Labute approximate surface area is 103 Å². The Hall–Kier alpha value is -0.620. The van der Waals surface area contributed by atoms with Crippen LogP contribution in [0.1, 0.15) is 18.6 Å². The van der Waals surface area contributed by atoms with Crippen LogP contribution < -0.4 is 0 Å². The lowest BCUT2D eigenvalue weighted by molar-refractivity contribution is -0.109. The highest BCUT2D eigenvalue weighted by Crippen LogP contribution is 2.21. The third-order valence-electron chi connectivity index (χ3n) is 1.89. The van der Waals surface area contributed by atoms with Gasteiger partial charge in [-0.2, -0.15) is 0 Å². The molecule has 88 valence electrons. The largest absolute Gasteiger partial charge is 0.389 e. The minimum Gasteiger partial charge on any atom is -0.389 e. The quantitative estimate of drug-likeness (QED) is 0.858. The average molecular weight is 262 g/mol. The molecule has 0 aliphatic rings. The van der Waals surface area contributed by atoms with Gasteiger partial charge in [0.2, 0.25) is 0 Å². The maximum atomic E-state index is 10.7. The monoisotopic (exact) mass is 261 g/mol. The van der Waals surface area contributed by atoms with Gasteiger partial charge in [-0.3, -0.25) is 9.78 Å². The Balaban J connectivity index is 2.62. The molecular formula is C10H12ClNO3S. The van der Waals surface area contributed by atoms with E-state index in [0.717, 1.165) is 11.8 Å². The van der Waals surface area contributed by atoms with Crippen LogP contribution in [0.25, 0.3) is 0 Å². The second-order valence-electron chi connectivity index (χ2n) is 3.25. The maximum absolute atomic E-state index is 10.7. The first-order valence-electron chi connectivity index (χ1n) is 4.60. The van der Waals surface area contributed by atoms with Gasteiger partial charge in [-0.15, -0.1) is 0 Å². The van der Waals surface area contributed by atoms with Gasteiger partial charge in [0.15, 0.2) is 5.12 Å². The van der Waals surface area contributed by atoms with Crippen LogP contribution in [-0.2, 0) is 4.79 Å². The van der Waals surface area contributed by atoms with Crippen molar-refractivity contribution in [2.45, 2.75) is 19.1 Å². The van der Waals surface area contributed by atoms with E-state index in [4.69, 9.17) is 11.6 Å². The first kappa shape index (κ1) is 13.4. The standard InChI is InChI=1S/C10H12ClNO3S/c1-6(13)16-5-9(14)10(15)7-2-8(11)4-12-3-7/h2-4,9-10,14-15H,5H2,1H3. The van der Waals surface area contributed by atoms with E-state index in [-0.39, 0.29) is 10.9 Å². The average Bonchev–Trinajstić information content (AvgIpc) is 2.24. The van der Waals surface area contributed by atoms with Crippen LogP contribution in [0.3, 0.4) is 0 Å². The van der Waals surface area contributed by atoms with Gasteiger partial charge in [0, 0.05) is 30.6 Å². The molecule has 2 N–H and O–H groups in total. The van der Waals surface area contributed by atoms with E-state index in [1.165, 1.54) is 25.4 Å². The fourth-order valence-corrected chi connectivity index (χ4v) is 1.88. The van der Waals surface area contributed by atoms with Gasteiger partial charge in [0.1, 0.15) is 6.10 Å². The predicted molar refractivity (Wildman–Crippen MR) is 63.4 cm³/mol. The summed E-state index contributed by atoms with van der Waals surface area (Å²) in [5.74, 6) is 0.142. The van der Waals surface area contributed by atoms with Crippen LogP contribution in [0.5, 0.6) is 0 Å². The predicted octanol–water partition coefficient (Wildman–Crippen LogP) is 1.41. The topological polar surface area (TPSA) is 70.4 Å². The summed E-state index contributed by atoms with van der Waals surface area (Å²) in [4.78, 5) is 14.5. The first-order chi connectivity index (χ1) is 7.50. The fourth-order valence-electron chi connectivity index (χ4n) is 1.11. The minimum absolute atomic E-state index is 0.101. The van der Waals surface area contributed by atoms with Crippen LogP contribution in [0, 0.1) is 0 Å². The summed E-state index contributed by atoms with van der Waals surface area (Å²) in [5, 5.41) is 19.7. The van der Waals surface area contributed by atoms with Crippen molar-refractivity contribution in [1.82, 2.24) is 4.98 Å². The van der Waals surface area contributed by atoms with E-state index >= 15 is 0 Å². The molecule has 4 nitrogen and oxygen atoms in total. The van der Waals surface area contributed by atoms with Crippen molar-refractivity contribution < 1.29 is 15.0 Å². The number of aliphatic hydroxyl groups is 2. The van der Waals surface area contributed by atoms with Crippen LogP contribution in [0.2, 0.25) is 5.02 Å². The molecule has 0 aromatic carbocycles. The van der Waals surface area contributed by atoms with Crippen LogP contribution >= 0.6 is 23.4 Å². The number of carbonyl (C=O) groups is 1. The zero-order chi connectivity index (χ0) is 12.1. The van der Waals surface area contributed by atoms with Crippen LogP contribution in [-0.4, -0.2) is 32.2 Å². The minimum atomic E-state index is -1.09. The summed E-state index contributed by atoms with van der Waals surface area (Å²) in [5.41, 5.74) is 0.434. The Morgan fingerprint density at radius 1 is 1.56 bits per heavy atom. The second-order valence-corrected chi connectivity index (χ2v) is 4.88. The summed E-state index contributed by atoms with van der Waals surface area (Å²) in [6, 6.07) is 1.53. The number of aromatic nitrogens is 1. The second kappa shape index (κ2) is 6.20. The van der Waals surface area contributed by atoms with Crippen molar-refractivity contribution >= 4 is 28.5 Å². The summed E-state index contributed by atoms with van der Waals surface area (Å²) < 4.78 is 0. The van der Waals surface area contributed by atoms with E-state index in [0.29, 0.717) is 10.6 Å². The molecule has 0 saturated heterocycles. The third-order valence-corrected chi connectivity index (χ3v) is 3.01. The number of hydrogen-bond donors (Lipinski definition) is 2. The molecule has 1 aromatic heterocycles. The number of rotatable bonds is 4. The van der Waals surface area contributed by atoms with Crippen molar-refractivity contribution in [3.8, 4) is 0 Å². The molecule has 6 heteroatoms. The molecule has 0 aliphatic heterocycles. The van der Waals surface area contributed by atoms with E-state index in [9.17, 15) is 15.0 Å². The molecule has 0 radical (unpaired) electrons. The van der Waals surface area contributed by atoms with Gasteiger partial charge in [-0.1, -0.05) is 23.4 Å². The van der Waals surface area contributed by atoms with Gasteiger partial charge in [-0.05, 0) is 6.07 Å². The highest BCUT2D eigenvalue weighted by atomic mass is 35.5. The van der Waals surface area contributed by atoms with Crippen molar-refractivity contribution in [3.63, 3.8) is 0 Å². The summed E-state index contributed by atoms with van der Waals surface area (Å²) >= 11 is 6.67. The van der Waals surface area contributed by atoms with Gasteiger partial charge in [0.25, 0.3) is 0 Å². The van der Waals surface area contributed by atoms with E-state index in [2.05, 4.69) is 4.98 Å². The smallest absolute Gasteiger partial charge is 0.185 e. The highest BCUT2D eigenvalue weighted by molar-refractivity contribution is 8.13. The number of thioether (sulfide) groups is 1. The van der Waals surface area contributed by atoms with Gasteiger partial charge < -0.3 is 10.2 Å². The number of pyridine rings is 1. The molecule has 0 amide bonds. The lowest BCUT2D eigenvalue weighted by Gasteiger charge is -2.16. The molecule has 1 rings (SSSR count). The molecule has 0 fully saturated rings. The summed E-state index contributed by atoms with van der Waals surface area (Å²) in [7, 11) is 0. The molecule has 0 spiro atoms. The molecule has 16 heavy (non-hydrogen) atoms. The van der Waals surface area contributed by atoms with Crippen molar-refractivity contribution in [3.05, 3.63) is 29.0 Å². The van der Waals surface area contributed by atoms with Gasteiger partial charge >= 0.3 is 0 Å². The van der Waals surface area contributed by atoms with Crippen LogP contribution in [0.4, 0.5) is 0 Å². The summed E-state index contributed by atoms with van der Waals surface area (Å²) in [6.07, 6.45) is 0.763. The van der Waals surface area contributed by atoms with Gasteiger partial charge in [0.05, 0.1) is 11.1 Å². The van der Waals surface area contributed by atoms with Crippen molar-refractivity contribution in [2.24, 2.45) is 0 Å². The van der Waals surface area contributed by atoms with Crippen LogP contribution in [0.15, 0.2) is 18.5 Å². The Kier molecular flexibility index (Phi) is 5.21. The molecule has 1 aromatic rings. The Morgan fingerprint density at radius 3 is 2.81 bits per heavy atom. The zero-order valence-electron chi connectivity index (χ0n) is 8.63. The van der Waals surface area contributed by atoms with Crippen molar-refractivity contribution in [1.29, 1.82) is 0 Å². The molecule has 0 saturated carbocycles. The van der Waals surface area contributed by atoms with Crippen molar-refractivity contribution in [2.75, 3.05) is 5.75 Å². The van der Waals surface area contributed by atoms with Gasteiger partial charge in [-0.25, -0.2) is 0 Å². The Bertz CT molecular complexity index is 375. The molecular weight excluding hydrogens is 250 g/mol. The molecule has 2 unspecified atom stereocenters. The molecule has 0 bridgehead atoms. The zero-order valence-corrected chi connectivity index (χ0v) is 10.2. The van der Waals surface area contributed by atoms with E-state index in [1.807, 2.05) is 0 Å². The number of hydrogen-bond acceptors (Lipinski definition) is 5. The van der Waals surface area contributed by atoms with E-state index in [1.54, 1.807) is 0 Å². The molecule has 1 heterocycles. The number of carbonyl (C=O) groups excluding carboxylic acids is 1. The number of aliphatic hydroxyl groups excluding tert-OH is 2. The normalized spacial score (nSPS) is 14.5. The summed E-state index contributed by atoms with van der Waals surface area (Å²) in [6.45, 7) is 1.41. The fraction of sp³-hybridized carbons (Fsp3) is 0.400. The number of halogens is 1. The third kappa shape index (κ3) is 4.09. The SMILES string of the molecule is CC(=O)SCC(O)C(O)c1cncc(Cl)c1. The molecule has 2 atom stereocenters. The van der Waals surface area contributed by atoms with E-state index < -0.39 is 12.2 Å². The highest BCUT2D eigenvalue weighted by Gasteiger charge is 2.19. The Morgan fingerprint density at radius 2 is 2.25 bits per heavy atom.